The first-order valence-electron chi connectivity index (χ1n) is 6.82. The molecule has 0 saturated carbocycles. The van der Waals surface area contributed by atoms with Crippen molar-refractivity contribution in [2.45, 2.75) is 20.8 Å². The lowest BCUT2D eigenvalue weighted by molar-refractivity contribution is -0.133. The molecule has 0 atom stereocenters. The van der Waals surface area contributed by atoms with Crippen LogP contribution in [0.15, 0.2) is 40.9 Å². The van der Waals surface area contributed by atoms with Gasteiger partial charge >= 0.3 is 11.8 Å². The lowest BCUT2D eigenvalue weighted by Crippen LogP contribution is -2.29. The van der Waals surface area contributed by atoms with Crippen molar-refractivity contribution < 1.29 is 9.59 Å². The predicted octanol–water partition coefficient (Wildman–Crippen LogP) is 3.95. The first-order valence-corrected chi connectivity index (χ1v) is 7.62. The third kappa shape index (κ3) is 3.95. The zero-order valence-corrected chi connectivity index (χ0v) is 14.2. The Morgan fingerprint density at radius 1 is 0.864 bits per heavy atom. The Hall–Kier alpha value is -2.14. The molecule has 114 valence electrons. The van der Waals surface area contributed by atoms with Crippen LogP contribution in [0.1, 0.15) is 16.7 Å². The third-order valence-electron chi connectivity index (χ3n) is 3.22. The van der Waals surface area contributed by atoms with Crippen LogP contribution in [0.3, 0.4) is 0 Å². The number of hydrogen-bond donors (Lipinski definition) is 2. The molecule has 0 aliphatic heterocycles. The van der Waals surface area contributed by atoms with Crippen LogP contribution in [0, 0.1) is 20.8 Å². The van der Waals surface area contributed by atoms with E-state index in [4.69, 9.17) is 0 Å². The van der Waals surface area contributed by atoms with E-state index in [1.807, 2.05) is 32.9 Å². The molecule has 5 heteroatoms. The minimum Gasteiger partial charge on any atom is -0.318 e. The normalized spacial score (nSPS) is 10.2. The number of anilines is 2. The van der Waals surface area contributed by atoms with Gasteiger partial charge in [-0.1, -0.05) is 33.6 Å². The molecule has 0 aromatic heterocycles. The van der Waals surface area contributed by atoms with Crippen LogP contribution in [0.5, 0.6) is 0 Å². The summed E-state index contributed by atoms with van der Waals surface area (Å²) in [6.07, 6.45) is 0. The Labute approximate surface area is 138 Å². The smallest absolute Gasteiger partial charge is 0.314 e. The van der Waals surface area contributed by atoms with Crippen molar-refractivity contribution in [3.05, 3.63) is 57.6 Å². The predicted molar refractivity (Wildman–Crippen MR) is 92.1 cm³/mol. The van der Waals surface area contributed by atoms with Crippen molar-refractivity contribution in [3.63, 3.8) is 0 Å². The van der Waals surface area contributed by atoms with Gasteiger partial charge in [0, 0.05) is 15.8 Å². The van der Waals surface area contributed by atoms with E-state index in [-0.39, 0.29) is 0 Å². The monoisotopic (exact) mass is 360 g/mol. The molecule has 2 N–H and O–H groups in total. The molecular weight excluding hydrogens is 344 g/mol. The van der Waals surface area contributed by atoms with E-state index in [2.05, 4.69) is 26.6 Å². The molecule has 2 aromatic carbocycles. The first-order chi connectivity index (χ1) is 10.4. The molecule has 0 heterocycles. The van der Waals surface area contributed by atoms with E-state index in [0.717, 1.165) is 21.2 Å². The second kappa shape index (κ2) is 6.75. The quantitative estimate of drug-likeness (QED) is 0.796. The van der Waals surface area contributed by atoms with E-state index >= 15 is 0 Å². The second-order valence-corrected chi connectivity index (χ2v) is 6.10. The number of benzene rings is 2. The topological polar surface area (TPSA) is 58.2 Å². The summed E-state index contributed by atoms with van der Waals surface area (Å²) in [5.41, 5.74) is 4.24. The lowest BCUT2D eigenvalue weighted by atomic mass is 10.1. The van der Waals surface area contributed by atoms with E-state index in [1.165, 1.54) is 0 Å². The van der Waals surface area contributed by atoms with Crippen molar-refractivity contribution in [3.8, 4) is 0 Å². The molecule has 2 amide bonds. The minimum atomic E-state index is -0.693. The molecule has 0 aliphatic rings. The Balaban J connectivity index is 2.09. The number of carbonyl (C=O) groups excluding carboxylic acids is 2. The molecule has 0 aliphatic carbocycles. The number of nitrogens with one attached hydrogen (secondary N) is 2. The highest BCUT2D eigenvalue weighted by molar-refractivity contribution is 9.10. The van der Waals surface area contributed by atoms with Gasteiger partial charge in [-0.05, 0) is 56.2 Å². The molecule has 0 unspecified atom stereocenters. The average molecular weight is 361 g/mol. The summed E-state index contributed by atoms with van der Waals surface area (Å²) in [5.74, 6) is -1.38. The minimum absolute atomic E-state index is 0.570. The van der Waals surface area contributed by atoms with Gasteiger partial charge in [0.1, 0.15) is 0 Å². The Kier molecular flexibility index (Phi) is 4.98. The van der Waals surface area contributed by atoms with Crippen LogP contribution in [0.4, 0.5) is 11.4 Å². The van der Waals surface area contributed by atoms with Crippen LogP contribution in [-0.4, -0.2) is 11.8 Å². The molecule has 2 aromatic rings. The molecule has 22 heavy (non-hydrogen) atoms. The Morgan fingerprint density at radius 3 is 1.91 bits per heavy atom. The van der Waals surface area contributed by atoms with Gasteiger partial charge in [0.2, 0.25) is 0 Å². The van der Waals surface area contributed by atoms with Crippen LogP contribution < -0.4 is 10.6 Å². The largest absolute Gasteiger partial charge is 0.318 e. The number of rotatable bonds is 2. The highest BCUT2D eigenvalue weighted by Gasteiger charge is 2.16. The van der Waals surface area contributed by atoms with Gasteiger partial charge in [0.05, 0.1) is 0 Å². The van der Waals surface area contributed by atoms with E-state index in [0.29, 0.717) is 11.4 Å². The molecule has 4 nitrogen and oxygen atoms in total. The summed E-state index contributed by atoms with van der Waals surface area (Å²) in [6, 6.07) is 11.0. The highest BCUT2D eigenvalue weighted by atomic mass is 79.9. The van der Waals surface area contributed by atoms with Crippen molar-refractivity contribution in [2.24, 2.45) is 0 Å². The molecule has 0 spiro atoms. The van der Waals surface area contributed by atoms with E-state index in [1.54, 1.807) is 24.3 Å². The van der Waals surface area contributed by atoms with E-state index < -0.39 is 11.8 Å². The summed E-state index contributed by atoms with van der Waals surface area (Å²) >= 11 is 3.31. The fourth-order valence-corrected chi connectivity index (χ4v) is 2.53. The molecule has 0 radical (unpaired) electrons. The van der Waals surface area contributed by atoms with Crippen molar-refractivity contribution >= 4 is 39.1 Å². The summed E-state index contributed by atoms with van der Waals surface area (Å²) < 4.78 is 0.904. The van der Waals surface area contributed by atoms with Crippen LogP contribution in [0.2, 0.25) is 0 Å². The number of aryl methyl sites for hydroxylation is 3. The van der Waals surface area contributed by atoms with Gasteiger partial charge in [-0.25, -0.2) is 0 Å². The third-order valence-corrected chi connectivity index (χ3v) is 3.75. The maximum atomic E-state index is 12.0. The SMILES string of the molecule is Cc1cc(C)c(NC(=O)C(=O)Nc2ccc(Br)cc2)c(C)c1. The van der Waals surface area contributed by atoms with Gasteiger partial charge in [-0.3, -0.25) is 9.59 Å². The summed E-state index contributed by atoms with van der Waals surface area (Å²) in [5, 5.41) is 5.24. The molecule has 0 saturated heterocycles. The fraction of sp³-hybridized carbons (Fsp3) is 0.176. The number of amides is 2. The summed E-state index contributed by atoms with van der Waals surface area (Å²) in [4.78, 5) is 24.0. The number of halogens is 1. The molecule has 2 rings (SSSR count). The first kappa shape index (κ1) is 16.2. The van der Waals surface area contributed by atoms with Crippen molar-refractivity contribution in [1.82, 2.24) is 0 Å². The fourth-order valence-electron chi connectivity index (χ4n) is 2.27. The molecule has 0 fully saturated rings. The zero-order chi connectivity index (χ0) is 16.3. The molecule has 0 bridgehead atoms. The maximum absolute atomic E-state index is 12.0. The highest BCUT2D eigenvalue weighted by Crippen LogP contribution is 2.22. The summed E-state index contributed by atoms with van der Waals surface area (Å²) in [7, 11) is 0. The average Bonchev–Trinajstić information content (AvgIpc) is 2.45. The van der Waals surface area contributed by atoms with Gasteiger partial charge in [0.25, 0.3) is 0 Å². The van der Waals surface area contributed by atoms with Gasteiger partial charge in [-0.2, -0.15) is 0 Å². The Bertz CT molecular complexity index is 701. The lowest BCUT2D eigenvalue weighted by Gasteiger charge is -2.12. The van der Waals surface area contributed by atoms with Crippen molar-refractivity contribution in [2.75, 3.05) is 10.6 Å². The molecular formula is C17H17BrN2O2. The van der Waals surface area contributed by atoms with Gasteiger partial charge < -0.3 is 10.6 Å². The van der Waals surface area contributed by atoms with Crippen LogP contribution in [-0.2, 0) is 9.59 Å². The van der Waals surface area contributed by atoms with Crippen LogP contribution >= 0.6 is 15.9 Å². The van der Waals surface area contributed by atoms with Crippen LogP contribution in [0.25, 0.3) is 0 Å². The second-order valence-electron chi connectivity index (χ2n) is 5.19. The maximum Gasteiger partial charge on any atom is 0.314 e. The van der Waals surface area contributed by atoms with Gasteiger partial charge in [-0.15, -0.1) is 0 Å². The standard InChI is InChI=1S/C17H17BrN2O2/c1-10-8-11(2)15(12(3)9-10)20-17(22)16(21)19-14-6-4-13(18)5-7-14/h4-9H,1-3H3,(H,19,21)(H,20,22). The van der Waals surface area contributed by atoms with E-state index in [9.17, 15) is 9.59 Å². The summed E-state index contributed by atoms with van der Waals surface area (Å²) in [6.45, 7) is 5.80. The van der Waals surface area contributed by atoms with Crippen molar-refractivity contribution in [1.29, 1.82) is 0 Å². The number of carbonyl (C=O) groups is 2. The number of hydrogen-bond acceptors (Lipinski definition) is 2. The Morgan fingerprint density at radius 2 is 1.36 bits per heavy atom. The van der Waals surface area contributed by atoms with Gasteiger partial charge in [0.15, 0.2) is 0 Å². The zero-order valence-electron chi connectivity index (χ0n) is 12.7.